The van der Waals surface area contributed by atoms with E-state index < -0.39 is 20.6 Å². The van der Waals surface area contributed by atoms with Gasteiger partial charge in [0, 0.05) is 40.4 Å². The number of anilines is 1. The van der Waals surface area contributed by atoms with Gasteiger partial charge >= 0.3 is 0 Å². The van der Waals surface area contributed by atoms with Crippen molar-refractivity contribution in [1.29, 1.82) is 0 Å². The first-order chi connectivity index (χ1) is 14.8. The quantitative estimate of drug-likeness (QED) is 0.413. The van der Waals surface area contributed by atoms with Crippen molar-refractivity contribution in [3.8, 4) is 0 Å². The van der Waals surface area contributed by atoms with Gasteiger partial charge in [0.2, 0.25) is 10.0 Å². The average Bonchev–Trinajstić information content (AvgIpc) is 2.75. The fourth-order valence-corrected chi connectivity index (χ4v) is 5.58. The maximum Gasteiger partial charge on any atom is 0.289 e. The number of hydrogen-bond acceptors (Lipinski definition) is 6. The third-order valence-corrected chi connectivity index (χ3v) is 7.27. The van der Waals surface area contributed by atoms with Crippen LogP contribution in [0.3, 0.4) is 0 Å². The highest BCUT2D eigenvalue weighted by molar-refractivity contribution is 7.89. The molecular weight excluding hydrogens is 440 g/mol. The number of nitro groups is 1. The second-order valence-corrected chi connectivity index (χ2v) is 9.68. The summed E-state index contributed by atoms with van der Waals surface area (Å²) in [6.45, 7) is 0. The third kappa shape index (κ3) is 4.79. The van der Waals surface area contributed by atoms with Crippen LogP contribution in [-0.4, -0.2) is 30.4 Å². The molecule has 162 valence electrons. The number of sulfonamides is 1. The van der Waals surface area contributed by atoms with Gasteiger partial charge in [-0.1, -0.05) is 23.7 Å². The zero-order chi connectivity index (χ0) is 22.0. The van der Waals surface area contributed by atoms with E-state index in [0.717, 1.165) is 29.4 Å². The number of aromatic nitrogens is 1. The Morgan fingerprint density at radius 3 is 2.48 bits per heavy atom. The minimum Gasteiger partial charge on any atom is -0.382 e. The molecule has 3 aromatic rings. The summed E-state index contributed by atoms with van der Waals surface area (Å²) >= 11 is 6.05. The summed E-state index contributed by atoms with van der Waals surface area (Å²) in [7, 11) is -3.98. The minimum absolute atomic E-state index is 0.188. The Hall–Kier alpha value is -2.75. The van der Waals surface area contributed by atoms with Gasteiger partial charge in [-0.25, -0.2) is 13.1 Å². The number of rotatable bonds is 6. The molecule has 0 atom stereocenters. The van der Waals surface area contributed by atoms with Gasteiger partial charge in [-0.3, -0.25) is 15.1 Å². The Balaban J connectivity index is 1.41. The highest BCUT2D eigenvalue weighted by Crippen LogP contribution is 2.29. The number of nitrogens with zero attached hydrogens (tertiary/aromatic N) is 2. The van der Waals surface area contributed by atoms with Gasteiger partial charge in [-0.15, -0.1) is 0 Å². The fraction of sp³-hybridized carbons (Fsp3) is 0.286. The number of nitrogens with one attached hydrogen (secondary N) is 2. The first kappa shape index (κ1) is 21.5. The summed E-state index contributed by atoms with van der Waals surface area (Å²) in [5, 5.41) is 16.3. The first-order valence-electron chi connectivity index (χ1n) is 9.90. The lowest BCUT2D eigenvalue weighted by Crippen LogP contribution is -2.40. The van der Waals surface area contributed by atoms with Crippen LogP contribution in [0.4, 0.5) is 11.4 Å². The van der Waals surface area contributed by atoms with Crippen LogP contribution >= 0.6 is 11.6 Å². The lowest BCUT2D eigenvalue weighted by Gasteiger charge is -2.30. The van der Waals surface area contributed by atoms with Gasteiger partial charge in [-0.2, -0.15) is 0 Å². The van der Waals surface area contributed by atoms with Crippen molar-refractivity contribution >= 4 is 43.9 Å². The number of nitro benzene ring substituents is 1. The van der Waals surface area contributed by atoms with Crippen molar-refractivity contribution < 1.29 is 13.3 Å². The summed E-state index contributed by atoms with van der Waals surface area (Å²) in [5.74, 6) is 0. The number of para-hydroxylation sites is 1. The molecular formula is C21H21ClN4O4S. The molecule has 8 nitrogen and oxygen atoms in total. The molecule has 0 unspecified atom stereocenters. The summed E-state index contributed by atoms with van der Waals surface area (Å²) in [5.41, 5.74) is 1.35. The van der Waals surface area contributed by atoms with Gasteiger partial charge in [0.25, 0.3) is 5.69 Å². The molecule has 2 N–H and O–H groups in total. The molecule has 1 fully saturated rings. The van der Waals surface area contributed by atoms with Gasteiger partial charge in [0.1, 0.15) is 0 Å². The monoisotopic (exact) mass is 460 g/mol. The van der Waals surface area contributed by atoms with Crippen molar-refractivity contribution in [3.63, 3.8) is 0 Å². The van der Waals surface area contributed by atoms with E-state index in [1.54, 1.807) is 6.20 Å². The molecule has 0 amide bonds. The maximum absolute atomic E-state index is 12.7. The molecule has 4 rings (SSSR count). The van der Waals surface area contributed by atoms with E-state index in [4.69, 9.17) is 11.6 Å². The Morgan fingerprint density at radius 2 is 1.74 bits per heavy atom. The molecule has 1 heterocycles. The summed E-state index contributed by atoms with van der Waals surface area (Å²) in [6, 6.07) is 12.8. The molecule has 2 aromatic carbocycles. The molecule has 0 spiro atoms. The second-order valence-electron chi connectivity index (χ2n) is 7.56. The molecule has 0 saturated heterocycles. The van der Waals surface area contributed by atoms with Gasteiger partial charge in [0.15, 0.2) is 4.90 Å². The fourth-order valence-electron chi connectivity index (χ4n) is 3.94. The van der Waals surface area contributed by atoms with Gasteiger partial charge in [0.05, 0.1) is 10.4 Å². The molecule has 0 bridgehead atoms. The van der Waals surface area contributed by atoms with Crippen LogP contribution in [0.5, 0.6) is 0 Å². The summed E-state index contributed by atoms with van der Waals surface area (Å²) in [6.07, 6.45) is 4.52. The molecule has 10 heteroatoms. The molecule has 0 aliphatic heterocycles. The highest BCUT2D eigenvalue weighted by Gasteiger charge is 2.30. The summed E-state index contributed by atoms with van der Waals surface area (Å²) < 4.78 is 28.1. The van der Waals surface area contributed by atoms with Crippen LogP contribution in [0.15, 0.2) is 59.6 Å². The Morgan fingerprint density at radius 1 is 1.03 bits per heavy atom. The highest BCUT2D eigenvalue weighted by atomic mass is 35.5. The molecule has 1 aliphatic carbocycles. The zero-order valence-corrected chi connectivity index (χ0v) is 18.1. The van der Waals surface area contributed by atoms with Crippen LogP contribution < -0.4 is 10.0 Å². The van der Waals surface area contributed by atoms with E-state index >= 15 is 0 Å². The van der Waals surface area contributed by atoms with Crippen molar-refractivity contribution in [2.24, 2.45) is 0 Å². The second kappa shape index (κ2) is 8.78. The van der Waals surface area contributed by atoms with Crippen LogP contribution in [0.2, 0.25) is 5.02 Å². The zero-order valence-electron chi connectivity index (χ0n) is 16.5. The number of pyridine rings is 1. The predicted octanol–water partition coefficient (Wildman–Crippen LogP) is 4.50. The Kier molecular flexibility index (Phi) is 6.08. The molecule has 1 aromatic heterocycles. The largest absolute Gasteiger partial charge is 0.382 e. The van der Waals surface area contributed by atoms with Crippen LogP contribution in [-0.2, 0) is 10.0 Å². The van der Waals surface area contributed by atoms with Crippen LogP contribution in [0, 0.1) is 10.1 Å². The van der Waals surface area contributed by atoms with Crippen molar-refractivity contribution in [1.82, 2.24) is 9.71 Å². The predicted molar refractivity (Wildman–Crippen MR) is 120 cm³/mol. The number of benzene rings is 2. The van der Waals surface area contributed by atoms with E-state index in [2.05, 4.69) is 15.0 Å². The molecule has 31 heavy (non-hydrogen) atoms. The van der Waals surface area contributed by atoms with Crippen molar-refractivity contribution in [2.45, 2.75) is 42.7 Å². The van der Waals surface area contributed by atoms with Crippen molar-refractivity contribution in [2.75, 3.05) is 5.32 Å². The Labute approximate surface area is 184 Å². The molecule has 0 radical (unpaired) electrons. The lowest BCUT2D eigenvalue weighted by atomic mass is 9.91. The van der Waals surface area contributed by atoms with Crippen LogP contribution in [0.25, 0.3) is 10.9 Å². The first-order valence-corrected chi connectivity index (χ1v) is 11.8. The minimum atomic E-state index is -3.98. The van der Waals surface area contributed by atoms with Crippen molar-refractivity contribution in [3.05, 3.63) is 69.9 Å². The SMILES string of the molecule is O=[N+]([O-])c1ccccc1S(=O)(=O)NC1CCC(Nc2ccnc3cc(Cl)ccc23)CC1. The molecule has 1 saturated carbocycles. The number of halogens is 1. The third-order valence-electron chi connectivity index (χ3n) is 5.46. The maximum atomic E-state index is 12.7. The van der Waals surface area contributed by atoms with Crippen LogP contribution in [0.1, 0.15) is 25.7 Å². The van der Waals surface area contributed by atoms with E-state index in [1.165, 1.54) is 24.3 Å². The smallest absolute Gasteiger partial charge is 0.289 e. The number of hydrogen-bond donors (Lipinski definition) is 2. The normalized spacial score (nSPS) is 19.3. The molecule has 1 aliphatic rings. The summed E-state index contributed by atoms with van der Waals surface area (Å²) in [4.78, 5) is 14.5. The van der Waals surface area contributed by atoms with Gasteiger partial charge < -0.3 is 5.32 Å². The Bertz CT molecular complexity index is 1230. The standard InChI is InChI=1S/C21H21ClN4O4S/c22-14-5-10-17-18(11-12-23-19(17)13-14)24-15-6-8-16(9-7-15)25-31(29,30)21-4-2-1-3-20(21)26(27)28/h1-5,10-13,15-16,25H,6-9H2,(H,23,24). The average molecular weight is 461 g/mol. The lowest BCUT2D eigenvalue weighted by molar-refractivity contribution is -0.387. The van der Waals surface area contributed by atoms with E-state index in [9.17, 15) is 18.5 Å². The van der Waals surface area contributed by atoms with E-state index in [-0.39, 0.29) is 17.0 Å². The number of fused-ring (bicyclic) bond motifs is 1. The van der Waals surface area contributed by atoms with E-state index in [1.807, 2.05) is 24.3 Å². The van der Waals surface area contributed by atoms with Gasteiger partial charge in [-0.05, 0) is 56.0 Å². The topological polar surface area (TPSA) is 114 Å². The van der Waals surface area contributed by atoms with E-state index in [0.29, 0.717) is 17.9 Å².